The molecule has 0 saturated carbocycles. The molecule has 0 bridgehead atoms. The highest BCUT2D eigenvalue weighted by Gasteiger charge is 2.20. The molecule has 0 N–H and O–H groups in total. The first kappa shape index (κ1) is 15.0. The highest BCUT2D eigenvalue weighted by molar-refractivity contribution is 8.13. The summed E-state index contributed by atoms with van der Waals surface area (Å²) in [5.41, 5.74) is 2.67. The highest BCUT2D eigenvalue weighted by Crippen LogP contribution is 2.19. The second-order valence-corrected chi connectivity index (χ2v) is 6.21. The lowest BCUT2D eigenvalue weighted by Gasteiger charge is -1.99. The van der Waals surface area contributed by atoms with Gasteiger partial charge in [-0.05, 0) is 23.3 Å². The van der Waals surface area contributed by atoms with Gasteiger partial charge in [-0.15, -0.1) is 0 Å². The number of benzene rings is 2. The van der Waals surface area contributed by atoms with E-state index >= 15 is 0 Å². The van der Waals surface area contributed by atoms with Crippen LogP contribution in [0.1, 0.15) is 11.1 Å². The van der Waals surface area contributed by atoms with E-state index in [0.717, 1.165) is 11.3 Å². The molecule has 0 aliphatic carbocycles. The third-order valence-corrected chi connectivity index (χ3v) is 4.34. The van der Waals surface area contributed by atoms with Gasteiger partial charge in [-0.25, -0.2) is 4.99 Å². The number of halogens is 1. The number of hydrogen-bond donors (Lipinski definition) is 0. The van der Waals surface area contributed by atoms with Gasteiger partial charge in [-0.2, -0.15) is 4.99 Å². The van der Waals surface area contributed by atoms with Gasteiger partial charge in [-0.1, -0.05) is 65.8 Å². The lowest BCUT2D eigenvalue weighted by atomic mass is 10.1. The largest absolute Gasteiger partial charge is 0.294 e. The van der Waals surface area contributed by atoms with Crippen molar-refractivity contribution in [3.8, 4) is 0 Å². The monoisotopic (exact) mass is 328 g/mol. The van der Waals surface area contributed by atoms with E-state index in [2.05, 4.69) is 9.98 Å². The molecular weight excluding hydrogens is 316 g/mol. The van der Waals surface area contributed by atoms with Crippen LogP contribution in [0.2, 0.25) is 5.02 Å². The molecule has 0 spiro atoms. The van der Waals surface area contributed by atoms with Crippen molar-refractivity contribution in [2.75, 3.05) is 0 Å². The number of thioether (sulfide) groups is 1. The summed E-state index contributed by atoms with van der Waals surface area (Å²) in [6, 6.07) is 17.5. The first-order chi connectivity index (χ1) is 10.7. The normalized spacial score (nSPS) is 14.0. The van der Waals surface area contributed by atoms with E-state index in [1.807, 2.05) is 54.6 Å². The average molecular weight is 329 g/mol. The zero-order valence-corrected chi connectivity index (χ0v) is 13.3. The maximum atomic E-state index is 11.9. The van der Waals surface area contributed by atoms with E-state index in [-0.39, 0.29) is 5.91 Å². The van der Waals surface area contributed by atoms with Crippen molar-refractivity contribution in [1.29, 1.82) is 0 Å². The molecule has 0 saturated heterocycles. The fourth-order valence-corrected chi connectivity index (χ4v) is 2.97. The predicted molar refractivity (Wildman–Crippen MR) is 92.8 cm³/mol. The van der Waals surface area contributed by atoms with Crippen LogP contribution in [0.3, 0.4) is 0 Å². The topological polar surface area (TPSA) is 41.8 Å². The van der Waals surface area contributed by atoms with Gasteiger partial charge in [0.2, 0.25) is 0 Å². The van der Waals surface area contributed by atoms with Crippen LogP contribution in [0, 0.1) is 0 Å². The van der Waals surface area contributed by atoms with E-state index in [1.54, 1.807) is 0 Å². The van der Waals surface area contributed by atoms with Crippen molar-refractivity contribution >= 4 is 40.1 Å². The van der Waals surface area contributed by atoms with Gasteiger partial charge in [0.05, 0.1) is 0 Å². The van der Waals surface area contributed by atoms with Gasteiger partial charge >= 0.3 is 0 Å². The number of amidine groups is 1. The van der Waals surface area contributed by atoms with Crippen LogP contribution in [0.15, 0.2) is 64.6 Å². The lowest BCUT2D eigenvalue weighted by Crippen LogP contribution is -2.10. The summed E-state index contributed by atoms with van der Waals surface area (Å²) in [5, 5.41) is 1.22. The van der Waals surface area contributed by atoms with Gasteiger partial charge < -0.3 is 0 Å². The van der Waals surface area contributed by atoms with E-state index in [9.17, 15) is 4.79 Å². The minimum atomic E-state index is -0.245. The van der Waals surface area contributed by atoms with Gasteiger partial charge in [0.25, 0.3) is 5.91 Å². The number of carbonyl (C=O) groups is 1. The Hall–Kier alpha value is -1.91. The maximum Gasteiger partial charge on any atom is 0.294 e. The Kier molecular flexibility index (Phi) is 4.71. The molecule has 3 nitrogen and oxygen atoms in total. The van der Waals surface area contributed by atoms with Crippen LogP contribution in [0.5, 0.6) is 0 Å². The molecule has 3 rings (SSSR count). The Balaban J connectivity index is 1.63. The Labute approximate surface area is 138 Å². The van der Waals surface area contributed by atoms with Crippen LogP contribution in [-0.4, -0.2) is 16.8 Å². The van der Waals surface area contributed by atoms with E-state index in [4.69, 9.17) is 11.6 Å². The molecule has 22 heavy (non-hydrogen) atoms. The van der Waals surface area contributed by atoms with Gasteiger partial charge in [-0.3, -0.25) is 4.79 Å². The van der Waals surface area contributed by atoms with Crippen LogP contribution in [0.25, 0.3) is 0 Å². The Bertz CT molecular complexity index is 739. The Morgan fingerprint density at radius 1 is 0.909 bits per heavy atom. The quantitative estimate of drug-likeness (QED) is 0.846. The summed E-state index contributed by atoms with van der Waals surface area (Å²) in [7, 11) is 0. The molecular formula is C17H13ClN2OS. The number of nitrogens with zero attached hydrogens (tertiary/aromatic N) is 2. The molecule has 1 amide bonds. The molecule has 0 unspecified atom stereocenters. The molecule has 5 heteroatoms. The summed E-state index contributed by atoms with van der Waals surface area (Å²) in [6.07, 6.45) is 0.481. The van der Waals surface area contributed by atoms with Crippen molar-refractivity contribution in [3.05, 3.63) is 70.7 Å². The third-order valence-electron chi connectivity index (χ3n) is 3.17. The summed E-state index contributed by atoms with van der Waals surface area (Å²) < 4.78 is 0. The number of aliphatic imine (C=N–C) groups is 2. The number of hydrogen-bond acceptors (Lipinski definition) is 3. The molecule has 0 radical (unpaired) electrons. The molecule has 1 aliphatic rings. The average Bonchev–Trinajstić information content (AvgIpc) is 2.89. The van der Waals surface area contributed by atoms with Crippen molar-refractivity contribution < 1.29 is 4.79 Å². The van der Waals surface area contributed by atoms with Crippen molar-refractivity contribution in [1.82, 2.24) is 0 Å². The summed E-state index contributed by atoms with van der Waals surface area (Å²) in [5.74, 6) is 0.510. The summed E-state index contributed by atoms with van der Waals surface area (Å²) >= 11 is 7.33. The maximum absolute atomic E-state index is 11.9. The molecule has 2 aromatic carbocycles. The fraction of sp³-hybridized carbons (Fsp3) is 0.118. The van der Waals surface area contributed by atoms with E-state index in [1.165, 1.54) is 17.3 Å². The van der Waals surface area contributed by atoms with E-state index < -0.39 is 0 Å². The van der Waals surface area contributed by atoms with Crippen LogP contribution >= 0.6 is 23.4 Å². The summed E-state index contributed by atoms with van der Waals surface area (Å²) in [6.45, 7) is 0. The first-order valence-electron chi connectivity index (χ1n) is 6.82. The van der Waals surface area contributed by atoms with Crippen molar-refractivity contribution in [2.24, 2.45) is 9.98 Å². The number of carbonyl (C=O) groups excluding carboxylic acids is 1. The molecule has 0 aromatic heterocycles. The zero-order valence-electron chi connectivity index (χ0n) is 11.7. The fourth-order valence-electron chi connectivity index (χ4n) is 2.04. The number of amides is 1. The zero-order chi connectivity index (χ0) is 15.4. The first-order valence-corrected chi connectivity index (χ1v) is 8.19. The smallest absolute Gasteiger partial charge is 0.265 e. The molecule has 0 atom stereocenters. The van der Waals surface area contributed by atoms with Crippen molar-refractivity contribution in [2.45, 2.75) is 12.2 Å². The minimum Gasteiger partial charge on any atom is -0.265 e. The van der Waals surface area contributed by atoms with Gasteiger partial charge in [0.1, 0.15) is 5.71 Å². The minimum absolute atomic E-state index is 0.245. The van der Waals surface area contributed by atoms with Crippen LogP contribution < -0.4 is 0 Å². The molecule has 1 heterocycles. The van der Waals surface area contributed by atoms with Gasteiger partial charge in [0, 0.05) is 17.2 Å². The van der Waals surface area contributed by atoms with Gasteiger partial charge in [0.15, 0.2) is 5.17 Å². The van der Waals surface area contributed by atoms with Crippen molar-refractivity contribution in [3.63, 3.8) is 0 Å². The predicted octanol–water partition coefficient (Wildman–Crippen LogP) is 4.15. The third kappa shape index (κ3) is 3.84. The summed E-state index contributed by atoms with van der Waals surface area (Å²) in [4.78, 5) is 20.3. The van der Waals surface area contributed by atoms with Crippen LogP contribution in [0.4, 0.5) is 0 Å². The molecule has 2 aromatic rings. The second-order valence-electron chi connectivity index (χ2n) is 4.84. The second kappa shape index (κ2) is 6.90. The highest BCUT2D eigenvalue weighted by atomic mass is 35.5. The standard InChI is InChI=1S/C17H13ClN2OS/c18-14-8-6-12(7-9-14)10-15-16(21)20-17(19-15)22-11-13-4-2-1-3-5-13/h1-9H,10-11H2. The Morgan fingerprint density at radius 3 is 2.36 bits per heavy atom. The van der Waals surface area contributed by atoms with E-state index in [0.29, 0.717) is 22.3 Å². The molecule has 1 aliphatic heterocycles. The lowest BCUT2D eigenvalue weighted by molar-refractivity contribution is -0.111. The SMILES string of the molecule is O=C1N=C(SCc2ccccc2)N=C1Cc1ccc(Cl)cc1. The molecule has 0 fully saturated rings. The Morgan fingerprint density at radius 2 is 1.64 bits per heavy atom. The number of rotatable bonds is 4. The molecule has 110 valence electrons. The van der Waals surface area contributed by atoms with Crippen LogP contribution in [-0.2, 0) is 17.0 Å².